The van der Waals surface area contributed by atoms with Crippen LogP contribution in [0.25, 0.3) is 5.57 Å². The molecule has 1 saturated carbocycles. The normalized spacial score (nSPS) is 25.2. The molecule has 1 aliphatic carbocycles. The van der Waals surface area contributed by atoms with Crippen molar-refractivity contribution >= 4 is 21.2 Å². The lowest BCUT2D eigenvalue weighted by atomic mass is 9.94. The molecule has 29 heavy (non-hydrogen) atoms. The number of ketones is 1. The monoisotopic (exact) mass is 410 g/mol. The molecular formula is C23H22O5S. The molecule has 5 rings (SSSR count). The maximum atomic E-state index is 13.6. The zero-order valence-electron chi connectivity index (χ0n) is 16.0. The first-order valence-electron chi connectivity index (χ1n) is 10.0. The van der Waals surface area contributed by atoms with Gasteiger partial charge in [-0.1, -0.05) is 48.9 Å². The van der Waals surface area contributed by atoms with E-state index < -0.39 is 21.7 Å². The van der Waals surface area contributed by atoms with E-state index in [4.69, 9.17) is 9.47 Å². The summed E-state index contributed by atoms with van der Waals surface area (Å²) >= 11 is 0. The minimum Gasteiger partial charge on any atom is -0.347 e. The average molecular weight is 410 g/mol. The summed E-state index contributed by atoms with van der Waals surface area (Å²) in [6, 6.07) is 15.4. The van der Waals surface area contributed by atoms with E-state index in [0.717, 1.165) is 32.1 Å². The van der Waals surface area contributed by atoms with E-state index >= 15 is 0 Å². The molecule has 2 heterocycles. The number of hydrogen-bond donors (Lipinski definition) is 0. The molecule has 1 spiro atoms. The van der Waals surface area contributed by atoms with Crippen LogP contribution in [0, 0.1) is 0 Å². The van der Waals surface area contributed by atoms with E-state index in [0.29, 0.717) is 5.56 Å². The van der Waals surface area contributed by atoms with Gasteiger partial charge in [-0.05, 0) is 30.5 Å². The van der Waals surface area contributed by atoms with E-state index in [9.17, 15) is 13.2 Å². The van der Waals surface area contributed by atoms with Crippen molar-refractivity contribution in [1.82, 2.24) is 0 Å². The number of ether oxygens (including phenoxy) is 2. The van der Waals surface area contributed by atoms with Gasteiger partial charge in [0, 0.05) is 24.0 Å². The lowest BCUT2D eigenvalue weighted by Crippen LogP contribution is -2.35. The van der Waals surface area contributed by atoms with Crippen LogP contribution < -0.4 is 0 Å². The number of carbonyl (C=O) groups excluding carboxylic acids is 1. The highest BCUT2D eigenvalue weighted by Gasteiger charge is 2.49. The number of Topliss-reactive ketones (excluding diaryl/α,β-unsaturated/α-hetero) is 1. The van der Waals surface area contributed by atoms with Crippen molar-refractivity contribution in [2.24, 2.45) is 0 Å². The van der Waals surface area contributed by atoms with E-state index in [-0.39, 0.29) is 33.3 Å². The summed E-state index contributed by atoms with van der Waals surface area (Å²) < 4.78 is 39.6. The average Bonchev–Trinajstić information content (AvgIpc) is 3.14. The molecule has 1 atom stereocenters. The molecule has 0 aromatic heterocycles. The number of fused-ring (bicyclic) bond motifs is 1. The van der Waals surface area contributed by atoms with Crippen LogP contribution in [0.2, 0.25) is 0 Å². The van der Waals surface area contributed by atoms with Crippen molar-refractivity contribution in [3.63, 3.8) is 0 Å². The molecule has 0 amide bonds. The summed E-state index contributed by atoms with van der Waals surface area (Å²) in [5.41, 5.74) is 0.992. The summed E-state index contributed by atoms with van der Waals surface area (Å²) in [6.45, 7) is 0.139. The summed E-state index contributed by atoms with van der Waals surface area (Å²) in [5, 5.41) is 0. The van der Waals surface area contributed by atoms with E-state index in [1.165, 1.54) is 6.07 Å². The molecule has 2 fully saturated rings. The number of sulfone groups is 1. The Kier molecular flexibility index (Phi) is 4.46. The van der Waals surface area contributed by atoms with Gasteiger partial charge in [0.05, 0.1) is 16.4 Å². The Morgan fingerprint density at radius 2 is 1.59 bits per heavy atom. The molecule has 150 valence electrons. The number of rotatable bonds is 2. The van der Waals surface area contributed by atoms with Crippen molar-refractivity contribution in [3.8, 4) is 0 Å². The molecule has 5 nitrogen and oxygen atoms in total. The zero-order chi connectivity index (χ0) is 20.1. The SMILES string of the molecule is O=C1C(c2ccccc2)=C(C2COC3(CCCCC3)O2)S(=O)(=O)c2ccccc21. The van der Waals surface area contributed by atoms with E-state index in [2.05, 4.69) is 0 Å². The van der Waals surface area contributed by atoms with Crippen molar-refractivity contribution in [1.29, 1.82) is 0 Å². The maximum absolute atomic E-state index is 13.6. The Morgan fingerprint density at radius 1 is 0.897 bits per heavy atom. The first kappa shape index (κ1) is 18.7. The standard InChI is InChI=1S/C23H22O5S/c24-21-17-11-5-6-12-19(17)29(25,26)22(20(21)16-9-3-1-4-10-16)18-15-27-23(28-18)13-7-2-8-14-23/h1,3-6,9-12,18H,2,7-8,13-15H2. The van der Waals surface area contributed by atoms with Crippen LogP contribution in [0.15, 0.2) is 64.4 Å². The van der Waals surface area contributed by atoms with Crippen LogP contribution in [-0.2, 0) is 19.3 Å². The Morgan fingerprint density at radius 3 is 2.34 bits per heavy atom. The van der Waals surface area contributed by atoms with Gasteiger partial charge in [0.25, 0.3) is 0 Å². The summed E-state index contributed by atoms with van der Waals surface area (Å²) in [4.78, 5) is 13.5. The second-order valence-electron chi connectivity index (χ2n) is 7.82. The highest BCUT2D eigenvalue weighted by atomic mass is 32.2. The zero-order valence-corrected chi connectivity index (χ0v) is 16.8. The van der Waals surface area contributed by atoms with Crippen LogP contribution in [0.5, 0.6) is 0 Å². The van der Waals surface area contributed by atoms with Gasteiger partial charge in [0.1, 0.15) is 6.10 Å². The first-order chi connectivity index (χ1) is 14.0. The number of benzene rings is 2. The van der Waals surface area contributed by atoms with Crippen LogP contribution in [0.4, 0.5) is 0 Å². The van der Waals surface area contributed by atoms with Gasteiger partial charge >= 0.3 is 0 Å². The van der Waals surface area contributed by atoms with E-state index in [1.807, 2.05) is 6.07 Å². The minimum atomic E-state index is -3.90. The molecule has 6 heteroatoms. The predicted octanol–water partition coefficient (Wildman–Crippen LogP) is 4.14. The minimum absolute atomic E-state index is 0.0369. The predicted molar refractivity (Wildman–Crippen MR) is 108 cm³/mol. The molecule has 2 aromatic rings. The van der Waals surface area contributed by atoms with Gasteiger partial charge in [-0.3, -0.25) is 4.79 Å². The molecule has 0 radical (unpaired) electrons. The fourth-order valence-electron chi connectivity index (χ4n) is 4.64. The van der Waals surface area contributed by atoms with Crippen molar-refractivity contribution < 1.29 is 22.7 Å². The number of carbonyl (C=O) groups is 1. The lowest BCUT2D eigenvalue weighted by molar-refractivity contribution is -0.183. The fourth-order valence-corrected chi connectivity index (χ4v) is 6.52. The number of hydrogen-bond acceptors (Lipinski definition) is 5. The summed E-state index contributed by atoms with van der Waals surface area (Å²) in [7, 11) is -3.90. The Bertz CT molecular complexity index is 1100. The Labute approximate surface area is 170 Å². The molecule has 1 saturated heterocycles. The van der Waals surface area contributed by atoms with Gasteiger partial charge in [0.2, 0.25) is 9.84 Å². The van der Waals surface area contributed by atoms with Crippen molar-refractivity contribution in [3.05, 3.63) is 70.6 Å². The second kappa shape index (κ2) is 6.90. The smallest absolute Gasteiger partial charge is 0.206 e. The second-order valence-corrected chi connectivity index (χ2v) is 9.71. The molecule has 0 N–H and O–H groups in total. The largest absolute Gasteiger partial charge is 0.347 e. The van der Waals surface area contributed by atoms with E-state index in [1.54, 1.807) is 42.5 Å². The molecule has 0 bridgehead atoms. The van der Waals surface area contributed by atoms with Crippen LogP contribution in [-0.4, -0.2) is 32.7 Å². The maximum Gasteiger partial charge on any atom is 0.206 e. The molecular weight excluding hydrogens is 388 g/mol. The fraction of sp³-hybridized carbons (Fsp3) is 0.348. The summed E-state index contributed by atoms with van der Waals surface area (Å²) in [6.07, 6.45) is 3.83. The summed E-state index contributed by atoms with van der Waals surface area (Å²) in [5.74, 6) is -1.02. The Hall–Kier alpha value is -2.28. The first-order valence-corrected chi connectivity index (χ1v) is 11.5. The Balaban J connectivity index is 1.69. The van der Waals surface area contributed by atoms with Gasteiger partial charge in [-0.15, -0.1) is 0 Å². The van der Waals surface area contributed by atoms with Gasteiger partial charge in [0.15, 0.2) is 11.6 Å². The molecule has 2 aromatic carbocycles. The third-order valence-corrected chi connectivity index (χ3v) is 7.99. The highest BCUT2D eigenvalue weighted by Crippen LogP contribution is 2.45. The highest BCUT2D eigenvalue weighted by molar-refractivity contribution is 7.95. The van der Waals surface area contributed by atoms with Gasteiger partial charge < -0.3 is 9.47 Å². The lowest BCUT2D eigenvalue weighted by Gasteiger charge is -2.32. The third-order valence-electron chi connectivity index (χ3n) is 6.01. The number of allylic oxidation sites excluding steroid dienone is 1. The van der Waals surface area contributed by atoms with Gasteiger partial charge in [-0.2, -0.15) is 0 Å². The van der Waals surface area contributed by atoms with Crippen LogP contribution in [0.1, 0.15) is 48.0 Å². The van der Waals surface area contributed by atoms with Crippen LogP contribution >= 0.6 is 0 Å². The topological polar surface area (TPSA) is 69.7 Å². The molecule has 3 aliphatic rings. The van der Waals surface area contributed by atoms with Crippen LogP contribution in [0.3, 0.4) is 0 Å². The van der Waals surface area contributed by atoms with Crippen molar-refractivity contribution in [2.75, 3.05) is 6.61 Å². The quantitative estimate of drug-likeness (QED) is 0.744. The molecule has 1 unspecified atom stereocenters. The third kappa shape index (κ3) is 2.98. The van der Waals surface area contributed by atoms with Gasteiger partial charge in [-0.25, -0.2) is 8.42 Å². The van der Waals surface area contributed by atoms with Crippen molar-refractivity contribution in [2.45, 2.75) is 48.9 Å². The molecule has 2 aliphatic heterocycles.